The summed E-state index contributed by atoms with van der Waals surface area (Å²) >= 11 is 0. The van der Waals surface area contributed by atoms with Crippen molar-refractivity contribution < 1.29 is 119 Å². The Balaban J connectivity index is 0.000000397. The molecular weight excluding hydrogens is 1100 g/mol. The minimum Gasteiger partial charge on any atom is -0.287 e. The molecule has 28 heteroatoms. The van der Waals surface area contributed by atoms with E-state index in [1.807, 2.05) is 42.7 Å². The fourth-order valence-corrected chi connectivity index (χ4v) is 8.29. The van der Waals surface area contributed by atoms with Gasteiger partial charge < -0.3 is 0 Å². The highest BCUT2D eigenvalue weighted by Gasteiger charge is 2.47. The zero-order valence-electron chi connectivity index (χ0n) is 37.4. The SMILES string of the molecule is FC(F)(F)c1cc([B-](c2cc(C(F)(F)F)cc(C(F)(F)F)c2)(c2cc(C(F)(F)F)cc(C(F)(F)F)c2)c2cc(C(F)(F)F)cc(C(F)(F)F)c2)cc(C(F)(F)F)c1.O=C(C[n+]1ccc2ccccc2c1)c1ccccc1F. The average molecular weight is 1130 g/mol. The molecule has 0 aliphatic carbocycles. The van der Waals surface area contributed by atoms with Gasteiger partial charge in [-0.25, -0.2) is 4.39 Å². The van der Waals surface area contributed by atoms with Gasteiger partial charge in [0.25, 0.3) is 0 Å². The molecule has 7 rings (SSSR count). The number of alkyl halides is 24. The van der Waals surface area contributed by atoms with Crippen LogP contribution in [0.1, 0.15) is 54.9 Å². The number of hydrogen-bond acceptors (Lipinski definition) is 1. The second-order valence-electron chi connectivity index (χ2n) is 16.9. The van der Waals surface area contributed by atoms with Gasteiger partial charge in [0.15, 0.2) is 12.4 Å². The monoisotopic (exact) mass is 1130 g/mol. The van der Waals surface area contributed by atoms with Crippen molar-refractivity contribution in [2.24, 2.45) is 0 Å². The first kappa shape index (κ1) is 59.0. The van der Waals surface area contributed by atoms with Crippen LogP contribution in [0.15, 0.2) is 140 Å². The van der Waals surface area contributed by atoms with E-state index in [-0.39, 0.29) is 17.9 Å². The van der Waals surface area contributed by atoms with Gasteiger partial charge in [-0.3, -0.25) is 4.79 Å². The first-order valence-electron chi connectivity index (χ1n) is 21.0. The predicted octanol–water partition coefficient (Wildman–Crippen LogP) is 14.4. The van der Waals surface area contributed by atoms with Crippen LogP contribution in [0.3, 0.4) is 0 Å². The van der Waals surface area contributed by atoms with Crippen LogP contribution in [0.25, 0.3) is 10.8 Å². The average Bonchev–Trinajstić information content (AvgIpc) is 3.29. The van der Waals surface area contributed by atoms with Crippen LogP contribution >= 0.6 is 0 Å². The van der Waals surface area contributed by atoms with Crippen molar-refractivity contribution in [3.8, 4) is 0 Å². The fourth-order valence-electron chi connectivity index (χ4n) is 8.29. The molecule has 0 atom stereocenters. The van der Waals surface area contributed by atoms with E-state index in [4.69, 9.17) is 0 Å². The molecule has 2 nitrogen and oxygen atoms in total. The molecule has 0 N–H and O–H groups in total. The zero-order valence-corrected chi connectivity index (χ0v) is 37.4. The molecular formula is C49H25BF25NO. The van der Waals surface area contributed by atoms with Crippen molar-refractivity contribution in [3.63, 3.8) is 0 Å². The molecule has 6 aromatic carbocycles. The Morgan fingerprint density at radius 1 is 0.351 bits per heavy atom. The molecule has 7 aromatic rings. The number of Topliss-reactive ketones (excluding diaryl/α,β-unsaturated/α-hetero) is 1. The summed E-state index contributed by atoms with van der Waals surface area (Å²) in [5.74, 6) is -0.706. The molecule has 1 aromatic heterocycles. The Kier molecular flexibility index (Phi) is 15.5. The Morgan fingerprint density at radius 2 is 0.610 bits per heavy atom. The van der Waals surface area contributed by atoms with Gasteiger partial charge >= 0.3 is 49.4 Å². The van der Waals surface area contributed by atoms with Crippen molar-refractivity contribution >= 4 is 44.6 Å². The summed E-state index contributed by atoms with van der Waals surface area (Å²) in [7, 11) is 0. The van der Waals surface area contributed by atoms with Crippen LogP contribution in [-0.2, 0) is 56.0 Å². The van der Waals surface area contributed by atoms with E-state index in [0.29, 0.717) is 0 Å². The van der Waals surface area contributed by atoms with Gasteiger partial charge in [-0.1, -0.05) is 78.9 Å². The summed E-state index contributed by atoms with van der Waals surface area (Å²) in [6, 6.07) is 7.12. The number of ketones is 1. The maximum atomic E-state index is 14.2. The normalized spacial score (nSPS) is 13.4. The molecule has 0 saturated heterocycles. The molecule has 0 fully saturated rings. The number of hydrogen-bond donors (Lipinski definition) is 0. The van der Waals surface area contributed by atoms with Gasteiger partial charge in [-0.15, -0.1) is 0 Å². The first-order chi connectivity index (χ1) is 35.0. The van der Waals surface area contributed by atoms with Crippen LogP contribution in [0.2, 0.25) is 0 Å². The lowest BCUT2D eigenvalue weighted by Gasteiger charge is -2.46. The lowest BCUT2D eigenvalue weighted by molar-refractivity contribution is -0.681. The van der Waals surface area contributed by atoms with Gasteiger partial charge in [0, 0.05) is 11.5 Å². The Hall–Kier alpha value is -7.29. The summed E-state index contributed by atoms with van der Waals surface area (Å²) in [6.07, 6.45) is -51.1. The van der Waals surface area contributed by atoms with Crippen LogP contribution < -0.4 is 26.4 Å². The standard InChI is InChI=1S/C32H12BF24.C17H13FNO/c34-25(35,36)13-1-14(26(37,38)39)6-21(5-13)33(22-7-15(27(40,41)42)2-16(8-22)28(43,44)45,23-9-17(29(46,47)48)3-18(10-23)30(49,50)51)24-11-19(31(52,53)54)4-20(12-24)32(55,56)57;18-16-8-4-3-7-15(16)17(20)12-19-10-9-13-5-1-2-6-14(13)11-19/h1-12H;1-11H,12H2/q-1;+1. The van der Waals surface area contributed by atoms with Crippen LogP contribution in [0.5, 0.6) is 0 Å². The molecule has 0 spiro atoms. The molecule has 0 radical (unpaired) electrons. The van der Waals surface area contributed by atoms with E-state index in [9.17, 15) is 115 Å². The minimum atomic E-state index is -6.13. The van der Waals surface area contributed by atoms with Gasteiger partial charge in [0.1, 0.15) is 12.0 Å². The number of benzene rings is 6. The van der Waals surface area contributed by atoms with Crippen molar-refractivity contribution in [2.45, 2.75) is 56.0 Å². The Bertz CT molecular complexity index is 2880. The number of carbonyl (C=O) groups is 1. The Labute approximate surface area is 414 Å². The highest BCUT2D eigenvalue weighted by Crippen LogP contribution is 2.41. The number of halogens is 25. The second kappa shape index (κ2) is 20.3. The van der Waals surface area contributed by atoms with Crippen LogP contribution in [0.4, 0.5) is 110 Å². The lowest BCUT2D eigenvalue weighted by atomic mass is 9.12. The molecule has 0 aliphatic rings. The maximum absolute atomic E-state index is 14.2. The molecule has 0 amide bonds. The third-order valence-corrected chi connectivity index (χ3v) is 11.7. The third-order valence-electron chi connectivity index (χ3n) is 11.7. The van der Waals surface area contributed by atoms with E-state index in [1.165, 1.54) is 12.1 Å². The van der Waals surface area contributed by atoms with Crippen molar-refractivity contribution in [2.75, 3.05) is 0 Å². The predicted molar refractivity (Wildman–Crippen MR) is 225 cm³/mol. The maximum Gasteiger partial charge on any atom is 0.416 e. The molecule has 0 bridgehead atoms. The highest BCUT2D eigenvalue weighted by atomic mass is 19.4. The zero-order chi connectivity index (χ0) is 57.9. The number of carbonyl (C=O) groups excluding carboxylic acids is 1. The number of aromatic nitrogens is 1. The fraction of sp³-hybridized carbons (Fsp3) is 0.184. The summed E-state index contributed by atoms with van der Waals surface area (Å²) in [4.78, 5) is 12.1. The van der Waals surface area contributed by atoms with E-state index in [1.54, 1.807) is 16.7 Å². The molecule has 77 heavy (non-hydrogen) atoms. The van der Waals surface area contributed by atoms with Crippen LogP contribution in [0, 0.1) is 5.82 Å². The number of pyridine rings is 1. The number of nitrogens with zero attached hydrogens (tertiary/aromatic N) is 1. The van der Waals surface area contributed by atoms with Crippen molar-refractivity contribution in [3.05, 3.63) is 196 Å². The van der Waals surface area contributed by atoms with E-state index < -0.39 is 201 Å². The molecule has 0 unspecified atom stereocenters. The lowest BCUT2D eigenvalue weighted by Crippen LogP contribution is -2.75. The first-order valence-corrected chi connectivity index (χ1v) is 21.0. The summed E-state index contributed by atoms with van der Waals surface area (Å²) in [6.45, 7) is 0.131. The van der Waals surface area contributed by atoms with Crippen LogP contribution in [-0.4, -0.2) is 11.9 Å². The largest absolute Gasteiger partial charge is 0.416 e. The molecule has 1 heterocycles. The molecule has 0 saturated carbocycles. The quantitative estimate of drug-likeness (QED) is 0.0674. The van der Waals surface area contributed by atoms with Crippen molar-refractivity contribution in [1.82, 2.24) is 0 Å². The third kappa shape index (κ3) is 13.3. The number of rotatable bonds is 7. The molecule has 0 aliphatic heterocycles. The van der Waals surface area contributed by atoms with E-state index in [2.05, 4.69) is 0 Å². The van der Waals surface area contributed by atoms with Gasteiger partial charge in [0.05, 0.1) is 50.1 Å². The summed E-state index contributed by atoms with van der Waals surface area (Å²) in [5, 5.41) is 2.17. The van der Waals surface area contributed by atoms with Gasteiger partial charge in [-0.05, 0) is 47.9 Å². The highest BCUT2D eigenvalue weighted by molar-refractivity contribution is 7.20. The minimum absolute atomic E-state index is 0.131. The Morgan fingerprint density at radius 3 is 0.883 bits per heavy atom. The van der Waals surface area contributed by atoms with Gasteiger partial charge in [-0.2, -0.15) is 132 Å². The number of fused-ring (bicyclic) bond motifs is 1. The van der Waals surface area contributed by atoms with Crippen molar-refractivity contribution in [1.29, 1.82) is 0 Å². The van der Waals surface area contributed by atoms with E-state index >= 15 is 0 Å². The topological polar surface area (TPSA) is 20.9 Å². The molecule has 410 valence electrons. The smallest absolute Gasteiger partial charge is 0.287 e. The van der Waals surface area contributed by atoms with Gasteiger partial charge in [0.2, 0.25) is 12.3 Å². The van der Waals surface area contributed by atoms with E-state index in [0.717, 1.165) is 10.8 Å². The second-order valence-corrected chi connectivity index (χ2v) is 16.9. The summed E-state index contributed by atoms with van der Waals surface area (Å²) < 4.78 is 356. The summed E-state index contributed by atoms with van der Waals surface area (Å²) in [5.41, 5.74) is -30.1.